The first-order chi connectivity index (χ1) is 13.0. The van der Waals surface area contributed by atoms with Gasteiger partial charge in [-0.15, -0.1) is 0 Å². The highest BCUT2D eigenvalue weighted by atomic mass is 14.8. The van der Waals surface area contributed by atoms with Crippen molar-refractivity contribution in [2.24, 2.45) is 9.98 Å². The standard InChI is InChI=1S/C25H34N2/c1-7-10-11-25(27-24-15-18(4)14-19(5)16-24)20(6)26-23-13-12-21(8-2)22(9-3)17-23/h12-17H,7-11H2,1-6H3. The van der Waals surface area contributed by atoms with Crippen molar-refractivity contribution in [3.8, 4) is 0 Å². The topological polar surface area (TPSA) is 24.7 Å². The Hall–Kier alpha value is -2.22. The molecule has 0 radical (unpaired) electrons. The van der Waals surface area contributed by atoms with Gasteiger partial charge in [0.25, 0.3) is 0 Å². The van der Waals surface area contributed by atoms with Gasteiger partial charge in [0.2, 0.25) is 0 Å². The third-order valence-electron chi connectivity index (χ3n) is 4.90. The van der Waals surface area contributed by atoms with Gasteiger partial charge in [-0.25, -0.2) is 0 Å². The van der Waals surface area contributed by atoms with Crippen LogP contribution in [0.2, 0.25) is 0 Å². The van der Waals surface area contributed by atoms with Crippen LogP contribution in [-0.4, -0.2) is 11.4 Å². The van der Waals surface area contributed by atoms with Gasteiger partial charge in [0.05, 0.1) is 22.8 Å². The van der Waals surface area contributed by atoms with Crippen molar-refractivity contribution in [2.45, 2.75) is 73.6 Å². The van der Waals surface area contributed by atoms with E-state index in [1.165, 1.54) is 22.3 Å². The van der Waals surface area contributed by atoms with Crippen molar-refractivity contribution in [3.63, 3.8) is 0 Å². The fourth-order valence-corrected chi connectivity index (χ4v) is 3.45. The van der Waals surface area contributed by atoms with E-state index in [4.69, 9.17) is 9.98 Å². The van der Waals surface area contributed by atoms with Crippen LogP contribution in [0.15, 0.2) is 46.4 Å². The number of hydrogen-bond donors (Lipinski definition) is 0. The number of aliphatic imine (C=N–C) groups is 2. The van der Waals surface area contributed by atoms with Crippen molar-refractivity contribution in [2.75, 3.05) is 0 Å². The highest BCUT2D eigenvalue weighted by Gasteiger charge is 2.07. The van der Waals surface area contributed by atoms with Gasteiger partial charge in [0, 0.05) is 0 Å². The molecule has 0 N–H and O–H groups in total. The van der Waals surface area contributed by atoms with E-state index in [9.17, 15) is 0 Å². The zero-order valence-corrected chi connectivity index (χ0v) is 17.9. The number of benzene rings is 2. The molecule has 0 aliphatic heterocycles. The van der Waals surface area contributed by atoms with Crippen molar-refractivity contribution in [3.05, 3.63) is 58.7 Å². The Morgan fingerprint density at radius 3 is 2.04 bits per heavy atom. The normalized spacial score (nSPS) is 12.5. The Kier molecular flexibility index (Phi) is 7.97. The Bertz CT molecular complexity index is 808. The summed E-state index contributed by atoms with van der Waals surface area (Å²) in [6.07, 6.45) is 5.37. The molecule has 0 saturated carbocycles. The summed E-state index contributed by atoms with van der Waals surface area (Å²) in [5.74, 6) is 0. The average molecular weight is 363 g/mol. The van der Waals surface area contributed by atoms with E-state index in [2.05, 4.69) is 77.9 Å². The molecular formula is C25H34N2. The second kappa shape index (κ2) is 10.2. The lowest BCUT2D eigenvalue weighted by atomic mass is 10.0. The van der Waals surface area contributed by atoms with Gasteiger partial charge >= 0.3 is 0 Å². The smallest absolute Gasteiger partial charge is 0.0639 e. The Morgan fingerprint density at radius 1 is 0.778 bits per heavy atom. The molecule has 0 spiro atoms. The summed E-state index contributed by atoms with van der Waals surface area (Å²) in [6.45, 7) is 13.0. The summed E-state index contributed by atoms with van der Waals surface area (Å²) in [6, 6.07) is 13.1. The van der Waals surface area contributed by atoms with E-state index < -0.39 is 0 Å². The average Bonchev–Trinajstić information content (AvgIpc) is 2.64. The van der Waals surface area contributed by atoms with Crippen molar-refractivity contribution < 1.29 is 0 Å². The molecule has 0 saturated heterocycles. The molecule has 0 atom stereocenters. The molecule has 0 aliphatic carbocycles. The molecule has 0 fully saturated rings. The van der Waals surface area contributed by atoms with Gasteiger partial charge in [-0.2, -0.15) is 0 Å². The van der Waals surface area contributed by atoms with Gasteiger partial charge in [-0.05, 0) is 93.0 Å². The van der Waals surface area contributed by atoms with E-state index in [0.717, 1.165) is 54.9 Å². The maximum atomic E-state index is 4.98. The van der Waals surface area contributed by atoms with Crippen molar-refractivity contribution in [1.29, 1.82) is 0 Å². The van der Waals surface area contributed by atoms with Crippen LogP contribution in [0.1, 0.15) is 69.2 Å². The minimum Gasteiger partial charge on any atom is -0.252 e. The Morgan fingerprint density at radius 2 is 1.44 bits per heavy atom. The third kappa shape index (κ3) is 6.16. The molecule has 144 valence electrons. The fourth-order valence-electron chi connectivity index (χ4n) is 3.45. The minimum atomic E-state index is 0.965. The Balaban J connectivity index is 2.40. The fraction of sp³-hybridized carbons (Fsp3) is 0.440. The van der Waals surface area contributed by atoms with Gasteiger partial charge in [0.1, 0.15) is 0 Å². The first kappa shape index (κ1) is 21.1. The van der Waals surface area contributed by atoms with Crippen LogP contribution in [0.5, 0.6) is 0 Å². The van der Waals surface area contributed by atoms with E-state index in [1.807, 2.05) is 0 Å². The van der Waals surface area contributed by atoms with E-state index in [-0.39, 0.29) is 0 Å². The summed E-state index contributed by atoms with van der Waals surface area (Å²) in [5, 5.41) is 0. The number of hydrogen-bond acceptors (Lipinski definition) is 2. The molecule has 0 heterocycles. The van der Waals surface area contributed by atoms with E-state index in [0.29, 0.717) is 0 Å². The van der Waals surface area contributed by atoms with Crippen LogP contribution in [0.25, 0.3) is 0 Å². The van der Waals surface area contributed by atoms with Crippen LogP contribution in [0.3, 0.4) is 0 Å². The number of rotatable bonds is 8. The SMILES string of the molecule is CCCCC(=Nc1cc(C)cc(C)c1)C(C)=Nc1ccc(CC)c(CC)c1. The van der Waals surface area contributed by atoms with Gasteiger partial charge in [-0.3, -0.25) is 9.98 Å². The lowest BCUT2D eigenvalue weighted by Gasteiger charge is -2.10. The molecule has 0 unspecified atom stereocenters. The number of nitrogens with zero attached hydrogens (tertiary/aromatic N) is 2. The highest BCUT2D eigenvalue weighted by Crippen LogP contribution is 2.22. The third-order valence-corrected chi connectivity index (χ3v) is 4.90. The molecule has 2 heteroatoms. The lowest BCUT2D eigenvalue weighted by Crippen LogP contribution is -2.10. The van der Waals surface area contributed by atoms with Gasteiger partial charge < -0.3 is 0 Å². The van der Waals surface area contributed by atoms with Crippen LogP contribution in [0, 0.1) is 13.8 Å². The highest BCUT2D eigenvalue weighted by molar-refractivity contribution is 6.42. The molecule has 0 aromatic heterocycles. The first-order valence-electron chi connectivity index (χ1n) is 10.3. The molecule has 0 amide bonds. The Labute approximate surface area is 165 Å². The molecule has 27 heavy (non-hydrogen) atoms. The molecule has 0 aliphatic rings. The molecule has 2 nitrogen and oxygen atoms in total. The van der Waals surface area contributed by atoms with Crippen LogP contribution < -0.4 is 0 Å². The molecule has 2 aromatic rings. The predicted octanol–water partition coefficient (Wildman–Crippen LogP) is 7.48. The summed E-state index contributed by atoms with van der Waals surface area (Å²) < 4.78 is 0. The van der Waals surface area contributed by atoms with Gasteiger partial charge in [0.15, 0.2) is 0 Å². The zero-order chi connectivity index (χ0) is 19.8. The molecule has 2 rings (SSSR count). The summed E-state index contributed by atoms with van der Waals surface area (Å²) in [7, 11) is 0. The van der Waals surface area contributed by atoms with Gasteiger partial charge in [-0.1, -0.05) is 39.3 Å². The molecule has 0 bridgehead atoms. The van der Waals surface area contributed by atoms with Crippen molar-refractivity contribution in [1.82, 2.24) is 0 Å². The second-order valence-electron chi connectivity index (χ2n) is 7.37. The van der Waals surface area contributed by atoms with Crippen LogP contribution >= 0.6 is 0 Å². The van der Waals surface area contributed by atoms with Crippen LogP contribution in [0.4, 0.5) is 11.4 Å². The zero-order valence-electron chi connectivity index (χ0n) is 17.9. The summed E-state index contributed by atoms with van der Waals surface area (Å²) >= 11 is 0. The summed E-state index contributed by atoms with van der Waals surface area (Å²) in [5.41, 5.74) is 9.50. The molecular weight excluding hydrogens is 328 g/mol. The molecule has 2 aromatic carbocycles. The largest absolute Gasteiger partial charge is 0.252 e. The number of aryl methyl sites for hydroxylation is 4. The van der Waals surface area contributed by atoms with E-state index in [1.54, 1.807) is 0 Å². The monoisotopic (exact) mass is 362 g/mol. The second-order valence-corrected chi connectivity index (χ2v) is 7.37. The van der Waals surface area contributed by atoms with E-state index >= 15 is 0 Å². The van der Waals surface area contributed by atoms with Crippen molar-refractivity contribution >= 4 is 22.8 Å². The maximum Gasteiger partial charge on any atom is 0.0639 e. The van der Waals surface area contributed by atoms with Crippen LogP contribution in [-0.2, 0) is 12.8 Å². The first-order valence-corrected chi connectivity index (χ1v) is 10.3. The summed E-state index contributed by atoms with van der Waals surface area (Å²) in [4.78, 5) is 9.90. The lowest BCUT2D eigenvalue weighted by molar-refractivity contribution is 0.838. The quantitative estimate of drug-likeness (QED) is 0.435. The minimum absolute atomic E-state index is 0.965. The predicted molar refractivity (Wildman–Crippen MR) is 121 cm³/mol. The number of unbranched alkanes of at least 4 members (excludes halogenated alkanes) is 1. The maximum absolute atomic E-state index is 4.98.